The van der Waals surface area contributed by atoms with Crippen LogP contribution in [0.4, 0.5) is 5.69 Å². The molecule has 0 atom stereocenters. The third kappa shape index (κ3) is 5.07. The van der Waals surface area contributed by atoms with Gasteiger partial charge >= 0.3 is 0 Å². The Labute approximate surface area is 177 Å². The Bertz CT molecular complexity index is 1090. The van der Waals surface area contributed by atoms with Crippen molar-refractivity contribution < 1.29 is 22.7 Å². The number of sulfonamides is 1. The molecule has 10 heteroatoms. The van der Waals surface area contributed by atoms with Gasteiger partial charge in [-0.25, -0.2) is 13.8 Å². The van der Waals surface area contributed by atoms with Crippen molar-refractivity contribution in [1.82, 2.24) is 5.43 Å². The van der Waals surface area contributed by atoms with Gasteiger partial charge in [0.05, 0.1) is 18.2 Å². The van der Waals surface area contributed by atoms with Gasteiger partial charge in [0.15, 0.2) is 11.5 Å². The van der Waals surface area contributed by atoms with Crippen molar-refractivity contribution in [3.8, 4) is 11.5 Å². The number of nitrogens with one attached hydrogen (secondary N) is 1. The number of benzene rings is 2. The lowest BCUT2D eigenvalue weighted by Crippen LogP contribution is -2.39. The Hall–Kier alpha value is -2.59. The minimum absolute atomic E-state index is 0.152. The van der Waals surface area contributed by atoms with Crippen LogP contribution in [-0.4, -0.2) is 40.1 Å². The minimum Gasteiger partial charge on any atom is -0.454 e. The van der Waals surface area contributed by atoms with E-state index in [1.807, 2.05) is 19.9 Å². The highest BCUT2D eigenvalue weighted by Gasteiger charge is 2.21. The number of hydrazone groups is 1. The van der Waals surface area contributed by atoms with Crippen LogP contribution in [0.25, 0.3) is 0 Å². The Kier molecular flexibility index (Phi) is 6.13. The van der Waals surface area contributed by atoms with Gasteiger partial charge < -0.3 is 9.47 Å². The molecule has 0 aliphatic carbocycles. The summed E-state index contributed by atoms with van der Waals surface area (Å²) in [5, 5.41) is 3.92. The van der Waals surface area contributed by atoms with E-state index in [9.17, 15) is 13.2 Å². The van der Waals surface area contributed by atoms with Crippen molar-refractivity contribution in [2.45, 2.75) is 13.8 Å². The first kappa shape index (κ1) is 21.1. The van der Waals surface area contributed by atoms with E-state index in [4.69, 9.17) is 9.47 Å². The van der Waals surface area contributed by atoms with Gasteiger partial charge in [0, 0.05) is 10.0 Å². The summed E-state index contributed by atoms with van der Waals surface area (Å²) in [6.45, 7) is 3.58. The smallest absolute Gasteiger partial charge is 0.260 e. The molecule has 8 nitrogen and oxygen atoms in total. The first-order chi connectivity index (χ1) is 13.6. The van der Waals surface area contributed by atoms with Gasteiger partial charge in [-0.05, 0) is 65.2 Å². The third-order valence-electron chi connectivity index (χ3n) is 4.35. The van der Waals surface area contributed by atoms with Gasteiger partial charge in [-0.15, -0.1) is 0 Å². The Morgan fingerprint density at radius 2 is 1.90 bits per heavy atom. The number of nitrogens with zero attached hydrogens (tertiary/aromatic N) is 2. The average molecular weight is 482 g/mol. The summed E-state index contributed by atoms with van der Waals surface area (Å²) in [6.07, 6.45) is 2.49. The van der Waals surface area contributed by atoms with Crippen LogP contribution >= 0.6 is 15.9 Å². The topological polar surface area (TPSA) is 97.3 Å². The van der Waals surface area contributed by atoms with Crippen molar-refractivity contribution in [2.24, 2.45) is 5.10 Å². The SMILES string of the molecule is Cc1ccc(N(CC(=O)N/N=C\c2cc3c(cc2Br)OCO3)S(C)(=O)=O)cc1C. The maximum atomic E-state index is 12.3. The summed E-state index contributed by atoms with van der Waals surface area (Å²) < 4.78 is 36.7. The molecule has 0 fully saturated rings. The van der Waals surface area contributed by atoms with E-state index in [0.29, 0.717) is 27.2 Å². The van der Waals surface area contributed by atoms with Crippen LogP contribution in [0.15, 0.2) is 39.9 Å². The summed E-state index contributed by atoms with van der Waals surface area (Å²) in [7, 11) is -3.65. The molecule has 0 saturated carbocycles. The quantitative estimate of drug-likeness (QED) is 0.505. The molecule has 0 unspecified atom stereocenters. The number of halogens is 1. The Balaban J connectivity index is 1.71. The zero-order chi connectivity index (χ0) is 21.2. The summed E-state index contributed by atoms with van der Waals surface area (Å²) >= 11 is 3.40. The van der Waals surface area contributed by atoms with Crippen molar-refractivity contribution in [1.29, 1.82) is 0 Å². The highest BCUT2D eigenvalue weighted by molar-refractivity contribution is 9.10. The van der Waals surface area contributed by atoms with Crippen LogP contribution < -0.4 is 19.2 Å². The highest BCUT2D eigenvalue weighted by atomic mass is 79.9. The first-order valence-electron chi connectivity index (χ1n) is 8.61. The molecule has 1 amide bonds. The zero-order valence-electron chi connectivity index (χ0n) is 16.1. The average Bonchev–Trinajstić information content (AvgIpc) is 3.08. The maximum Gasteiger partial charge on any atom is 0.260 e. The van der Waals surface area contributed by atoms with E-state index in [2.05, 4.69) is 26.5 Å². The highest BCUT2D eigenvalue weighted by Crippen LogP contribution is 2.36. The molecule has 1 aliphatic rings. The van der Waals surface area contributed by atoms with Crippen molar-refractivity contribution in [3.05, 3.63) is 51.5 Å². The second-order valence-electron chi connectivity index (χ2n) is 6.56. The molecule has 0 bridgehead atoms. The van der Waals surface area contributed by atoms with Crippen molar-refractivity contribution in [2.75, 3.05) is 23.9 Å². The number of anilines is 1. The van der Waals surface area contributed by atoms with Crippen molar-refractivity contribution >= 4 is 43.8 Å². The largest absolute Gasteiger partial charge is 0.454 e. The minimum atomic E-state index is -3.65. The summed E-state index contributed by atoms with van der Waals surface area (Å²) in [6, 6.07) is 8.69. The number of ether oxygens (including phenoxy) is 2. The summed E-state index contributed by atoms with van der Waals surface area (Å²) in [5.41, 5.74) is 5.42. The lowest BCUT2D eigenvalue weighted by atomic mass is 10.1. The fraction of sp³-hybridized carbons (Fsp3) is 0.263. The van der Waals surface area contributed by atoms with Crippen LogP contribution in [0, 0.1) is 13.8 Å². The molecule has 0 aromatic heterocycles. The number of carbonyl (C=O) groups excluding carboxylic acids is 1. The molecule has 2 aromatic rings. The normalized spacial score (nSPS) is 13.0. The lowest BCUT2D eigenvalue weighted by molar-refractivity contribution is -0.119. The lowest BCUT2D eigenvalue weighted by Gasteiger charge is -2.22. The van der Waals surface area contributed by atoms with Crippen LogP contribution in [-0.2, 0) is 14.8 Å². The molecular formula is C19H20BrN3O5S. The predicted octanol–water partition coefficient (Wildman–Crippen LogP) is 2.71. The molecule has 0 saturated heterocycles. The molecule has 0 radical (unpaired) electrons. The van der Waals surface area contributed by atoms with E-state index in [0.717, 1.165) is 21.7 Å². The van der Waals surface area contributed by atoms with Gasteiger partial charge in [-0.3, -0.25) is 9.10 Å². The monoisotopic (exact) mass is 481 g/mol. The fourth-order valence-electron chi connectivity index (χ4n) is 2.65. The van der Waals surface area contributed by atoms with E-state index in [-0.39, 0.29) is 13.3 Å². The first-order valence-corrected chi connectivity index (χ1v) is 11.3. The second-order valence-corrected chi connectivity index (χ2v) is 9.32. The van der Waals surface area contributed by atoms with Gasteiger partial charge in [0.1, 0.15) is 6.54 Å². The Morgan fingerprint density at radius 1 is 1.21 bits per heavy atom. The standard InChI is InChI=1S/C19H20BrN3O5S/c1-12-4-5-15(6-13(12)2)23(29(3,25)26)10-19(24)22-21-9-14-7-17-18(8-16(14)20)28-11-27-17/h4-9H,10-11H2,1-3H3,(H,22,24)/b21-9-. The molecular weight excluding hydrogens is 462 g/mol. The van der Waals surface area contributed by atoms with Crippen molar-refractivity contribution in [3.63, 3.8) is 0 Å². The fourth-order valence-corrected chi connectivity index (χ4v) is 3.93. The predicted molar refractivity (Wildman–Crippen MR) is 114 cm³/mol. The molecule has 1 N–H and O–H groups in total. The molecule has 0 spiro atoms. The van der Waals surface area contributed by atoms with Gasteiger partial charge in [0.25, 0.3) is 5.91 Å². The zero-order valence-corrected chi connectivity index (χ0v) is 18.5. The van der Waals surface area contributed by atoms with Gasteiger partial charge in [-0.2, -0.15) is 5.10 Å². The van der Waals surface area contributed by atoms with Crippen LogP contribution in [0.5, 0.6) is 11.5 Å². The van der Waals surface area contributed by atoms with Gasteiger partial charge in [-0.1, -0.05) is 6.07 Å². The maximum absolute atomic E-state index is 12.3. The molecule has 1 aliphatic heterocycles. The molecule has 3 rings (SSSR count). The number of hydrogen-bond donors (Lipinski definition) is 1. The number of hydrogen-bond acceptors (Lipinski definition) is 6. The number of carbonyl (C=O) groups is 1. The number of rotatable bonds is 6. The van der Waals surface area contributed by atoms with E-state index in [1.165, 1.54) is 6.21 Å². The Morgan fingerprint density at radius 3 is 2.55 bits per heavy atom. The molecule has 1 heterocycles. The third-order valence-corrected chi connectivity index (χ3v) is 6.18. The van der Waals surface area contributed by atoms with Crippen LogP contribution in [0.2, 0.25) is 0 Å². The van der Waals surface area contributed by atoms with E-state index in [1.54, 1.807) is 24.3 Å². The molecule has 29 heavy (non-hydrogen) atoms. The number of amides is 1. The summed E-state index contributed by atoms with van der Waals surface area (Å²) in [4.78, 5) is 12.3. The molecule has 154 valence electrons. The van der Waals surface area contributed by atoms with Crippen LogP contribution in [0.3, 0.4) is 0 Å². The number of aryl methyl sites for hydroxylation is 2. The van der Waals surface area contributed by atoms with Crippen LogP contribution in [0.1, 0.15) is 16.7 Å². The number of fused-ring (bicyclic) bond motifs is 1. The molecule has 2 aromatic carbocycles. The van der Waals surface area contributed by atoms with E-state index < -0.39 is 15.9 Å². The second kappa shape index (κ2) is 8.42. The summed E-state index contributed by atoms with van der Waals surface area (Å²) in [5.74, 6) is 0.635. The van der Waals surface area contributed by atoms with E-state index >= 15 is 0 Å². The van der Waals surface area contributed by atoms with Gasteiger partial charge in [0.2, 0.25) is 16.8 Å².